The summed E-state index contributed by atoms with van der Waals surface area (Å²) in [5, 5.41) is -0.141. The van der Waals surface area contributed by atoms with Crippen LogP contribution in [0.5, 0.6) is 0 Å². The van der Waals surface area contributed by atoms with Gasteiger partial charge in [-0.3, -0.25) is 4.72 Å². The predicted molar refractivity (Wildman–Crippen MR) is 74.2 cm³/mol. The molecule has 8 heteroatoms. The van der Waals surface area contributed by atoms with Gasteiger partial charge in [-0.2, -0.15) is 0 Å². The summed E-state index contributed by atoms with van der Waals surface area (Å²) in [4.78, 5) is 3.58. The number of pyridine rings is 1. The molecule has 0 bridgehead atoms. The lowest BCUT2D eigenvalue weighted by molar-refractivity contribution is 0.600. The van der Waals surface area contributed by atoms with Crippen LogP contribution < -0.4 is 4.72 Å². The summed E-state index contributed by atoms with van der Waals surface area (Å²) in [6.45, 7) is 0. The zero-order valence-electron chi connectivity index (χ0n) is 9.27. The van der Waals surface area contributed by atoms with E-state index in [2.05, 4.69) is 25.6 Å². The van der Waals surface area contributed by atoms with Gasteiger partial charge in [-0.05, 0) is 46.3 Å². The van der Waals surface area contributed by atoms with E-state index in [0.717, 1.165) is 12.1 Å². The van der Waals surface area contributed by atoms with Crippen LogP contribution in [0.25, 0.3) is 0 Å². The van der Waals surface area contributed by atoms with Gasteiger partial charge < -0.3 is 0 Å². The van der Waals surface area contributed by atoms with Crippen molar-refractivity contribution in [2.75, 3.05) is 4.72 Å². The van der Waals surface area contributed by atoms with Crippen LogP contribution in [0.3, 0.4) is 0 Å². The van der Waals surface area contributed by atoms with Crippen LogP contribution in [0.1, 0.15) is 0 Å². The molecule has 0 aliphatic heterocycles. The van der Waals surface area contributed by atoms with Crippen molar-refractivity contribution in [2.24, 2.45) is 0 Å². The maximum atomic E-state index is 12.7. The molecule has 0 radical (unpaired) electrons. The number of hydrogen-bond donors (Lipinski definition) is 1. The minimum Gasteiger partial charge on any atom is -0.280 e. The molecule has 1 N–H and O–H groups in total. The molecule has 4 nitrogen and oxygen atoms in total. The van der Waals surface area contributed by atoms with Gasteiger partial charge in [-0.1, -0.05) is 11.6 Å². The molecule has 0 aliphatic rings. The molecule has 0 atom stereocenters. The van der Waals surface area contributed by atoms with E-state index in [-0.39, 0.29) is 15.7 Å². The third-order valence-electron chi connectivity index (χ3n) is 2.16. The first-order chi connectivity index (χ1) is 8.88. The second-order valence-corrected chi connectivity index (χ2v) is 6.48. The molecule has 0 spiro atoms. The first-order valence-electron chi connectivity index (χ1n) is 4.98. The fraction of sp³-hybridized carbons (Fsp3) is 0. The van der Waals surface area contributed by atoms with Gasteiger partial charge in [0, 0.05) is 16.4 Å². The lowest BCUT2D eigenvalue weighted by atomic mass is 10.3. The summed E-state index contributed by atoms with van der Waals surface area (Å²) < 4.78 is 39.7. The molecule has 1 aromatic carbocycles. The minimum atomic E-state index is -3.88. The van der Waals surface area contributed by atoms with Crippen LogP contribution in [0.2, 0.25) is 5.15 Å². The van der Waals surface area contributed by atoms with Crippen molar-refractivity contribution in [2.45, 2.75) is 4.90 Å². The standard InChI is InChI=1S/C11H7BrClFN2O2S/c12-7-5-10(11(13)15-6-7)19(17,18)16-9-3-1-8(14)2-4-9/h1-6,16H. The van der Waals surface area contributed by atoms with E-state index in [0.29, 0.717) is 4.47 Å². The van der Waals surface area contributed by atoms with E-state index in [9.17, 15) is 12.8 Å². The highest BCUT2D eigenvalue weighted by molar-refractivity contribution is 9.10. The molecule has 0 fully saturated rings. The third kappa shape index (κ3) is 3.43. The van der Waals surface area contributed by atoms with Crippen LogP contribution in [-0.4, -0.2) is 13.4 Å². The maximum absolute atomic E-state index is 12.7. The molecule has 0 unspecified atom stereocenters. The molecule has 0 aliphatic carbocycles. The van der Waals surface area contributed by atoms with E-state index in [4.69, 9.17) is 11.6 Å². The SMILES string of the molecule is O=S(=O)(Nc1ccc(F)cc1)c1cc(Br)cnc1Cl. The number of anilines is 1. The molecule has 0 amide bonds. The third-order valence-corrected chi connectivity index (χ3v) is 4.40. The minimum absolute atomic E-state index is 0.141. The summed E-state index contributed by atoms with van der Waals surface area (Å²) in [7, 11) is -3.88. The average Bonchev–Trinajstić information content (AvgIpc) is 2.35. The van der Waals surface area contributed by atoms with Gasteiger partial charge in [0.1, 0.15) is 15.9 Å². The number of hydrogen-bond acceptors (Lipinski definition) is 3. The van der Waals surface area contributed by atoms with Crippen molar-refractivity contribution in [1.82, 2.24) is 4.98 Å². The van der Waals surface area contributed by atoms with Crippen molar-refractivity contribution in [1.29, 1.82) is 0 Å². The van der Waals surface area contributed by atoms with E-state index in [1.165, 1.54) is 24.4 Å². The van der Waals surface area contributed by atoms with Crippen LogP contribution in [0.15, 0.2) is 45.9 Å². The second kappa shape index (κ2) is 5.44. The summed E-state index contributed by atoms with van der Waals surface area (Å²) >= 11 is 8.88. The van der Waals surface area contributed by atoms with Gasteiger partial charge in [-0.25, -0.2) is 17.8 Å². The Morgan fingerprint density at radius 1 is 1.26 bits per heavy atom. The first-order valence-corrected chi connectivity index (χ1v) is 7.63. The quantitative estimate of drug-likeness (QED) is 0.848. The highest BCUT2D eigenvalue weighted by atomic mass is 79.9. The fourth-order valence-electron chi connectivity index (χ4n) is 1.32. The van der Waals surface area contributed by atoms with Gasteiger partial charge >= 0.3 is 0 Å². The van der Waals surface area contributed by atoms with Crippen LogP contribution >= 0.6 is 27.5 Å². The number of nitrogens with one attached hydrogen (secondary N) is 1. The van der Waals surface area contributed by atoms with Crippen molar-refractivity contribution >= 4 is 43.2 Å². The van der Waals surface area contributed by atoms with Crippen molar-refractivity contribution in [3.63, 3.8) is 0 Å². The Balaban J connectivity index is 2.37. The summed E-state index contributed by atoms with van der Waals surface area (Å²) in [6, 6.07) is 6.26. The first kappa shape index (κ1) is 14.2. The Hall–Kier alpha value is -1.18. The molecule has 2 rings (SSSR count). The number of rotatable bonds is 3. The zero-order valence-corrected chi connectivity index (χ0v) is 12.4. The number of benzene rings is 1. The largest absolute Gasteiger partial charge is 0.280 e. The molecule has 0 saturated heterocycles. The van der Waals surface area contributed by atoms with E-state index < -0.39 is 15.8 Å². The number of halogens is 3. The smallest absolute Gasteiger partial charge is 0.265 e. The highest BCUT2D eigenvalue weighted by Gasteiger charge is 2.19. The molecule has 1 aromatic heterocycles. The van der Waals surface area contributed by atoms with E-state index >= 15 is 0 Å². The number of sulfonamides is 1. The summed E-state index contributed by atoms with van der Waals surface area (Å²) in [5.74, 6) is -0.454. The molecule has 0 saturated carbocycles. The molecule has 1 heterocycles. The van der Waals surface area contributed by atoms with E-state index in [1.807, 2.05) is 0 Å². The van der Waals surface area contributed by atoms with E-state index in [1.54, 1.807) is 0 Å². The van der Waals surface area contributed by atoms with Gasteiger partial charge in [0.2, 0.25) is 0 Å². The van der Waals surface area contributed by atoms with Crippen LogP contribution in [0, 0.1) is 5.82 Å². The molecule has 2 aromatic rings. The maximum Gasteiger partial charge on any atom is 0.265 e. The summed E-state index contributed by atoms with van der Waals surface area (Å²) in [6.07, 6.45) is 1.39. The Morgan fingerprint density at radius 2 is 1.89 bits per heavy atom. The molecular formula is C11H7BrClFN2O2S. The zero-order chi connectivity index (χ0) is 14.0. The highest BCUT2D eigenvalue weighted by Crippen LogP contribution is 2.24. The van der Waals surface area contributed by atoms with Gasteiger partial charge in [0.05, 0.1) is 0 Å². The van der Waals surface area contributed by atoms with Crippen molar-refractivity contribution < 1.29 is 12.8 Å². The molecule has 19 heavy (non-hydrogen) atoms. The normalized spacial score (nSPS) is 11.3. The Kier molecular flexibility index (Phi) is 4.07. The molecule has 100 valence electrons. The Morgan fingerprint density at radius 3 is 2.53 bits per heavy atom. The van der Waals surface area contributed by atoms with Gasteiger partial charge in [-0.15, -0.1) is 0 Å². The van der Waals surface area contributed by atoms with Crippen molar-refractivity contribution in [3.05, 3.63) is 52.0 Å². The topological polar surface area (TPSA) is 59.1 Å². The number of nitrogens with zero attached hydrogens (tertiary/aromatic N) is 1. The lowest BCUT2D eigenvalue weighted by Crippen LogP contribution is -2.14. The van der Waals surface area contributed by atoms with Gasteiger partial charge in [0.25, 0.3) is 10.0 Å². The lowest BCUT2D eigenvalue weighted by Gasteiger charge is -2.09. The second-order valence-electron chi connectivity index (χ2n) is 3.55. The Labute approximate surface area is 122 Å². The number of aromatic nitrogens is 1. The summed E-state index contributed by atoms with van der Waals surface area (Å²) in [5.41, 5.74) is 0.234. The molecular weight excluding hydrogens is 359 g/mol. The average molecular weight is 366 g/mol. The Bertz CT molecular complexity index is 707. The van der Waals surface area contributed by atoms with Crippen LogP contribution in [0.4, 0.5) is 10.1 Å². The van der Waals surface area contributed by atoms with Crippen LogP contribution in [-0.2, 0) is 10.0 Å². The van der Waals surface area contributed by atoms with Crippen molar-refractivity contribution in [3.8, 4) is 0 Å². The monoisotopic (exact) mass is 364 g/mol. The predicted octanol–water partition coefficient (Wildman–Crippen LogP) is 3.44. The van der Waals surface area contributed by atoms with Gasteiger partial charge in [0.15, 0.2) is 0 Å². The fourth-order valence-corrected chi connectivity index (χ4v) is 3.32.